The first-order chi connectivity index (χ1) is 7.83. The molecule has 0 aliphatic heterocycles. The highest BCUT2D eigenvalue weighted by Gasteiger charge is 2.21. The van der Waals surface area contributed by atoms with Crippen molar-refractivity contribution < 1.29 is 9.67 Å². The molecule has 1 N–H and O–H groups in total. The van der Waals surface area contributed by atoms with Crippen molar-refractivity contribution >= 4 is 11.0 Å². The normalized spacial score (nSPS) is 11.2. The van der Waals surface area contributed by atoms with Gasteiger partial charge in [0, 0.05) is 0 Å². The van der Waals surface area contributed by atoms with Crippen LogP contribution in [0.25, 0.3) is 11.0 Å². The van der Waals surface area contributed by atoms with Crippen LogP contribution in [0.15, 0.2) is 24.3 Å². The van der Waals surface area contributed by atoms with Crippen molar-refractivity contribution in [1.29, 1.82) is 0 Å². The maximum Gasteiger partial charge on any atom is 0.283 e. The van der Waals surface area contributed by atoms with E-state index >= 15 is 0 Å². The number of nitrogens with zero attached hydrogens (tertiary/aromatic N) is 2. The fraction of sp³-hybridized carbons (Fsp3) is 0.462. The Bertz CT molecular complexity index is 488. The number of fused-ring (bicyclic) bond motifs is 1. The molecule has 1 aromatic heterocycles. The van der Waals surface area contributed by atoms with Crippen LogP contribution in [0.1, 0.15) is 26.1 Å². The standard InChI is InChI=1S/C13H19N2O/c1-3-9-15-12-8-6-5-7-11(12)14(4-2)13(15)10-16/h5-8,16H,3-4,9-10H2,1-2H3/q+1. The molecule has 1 heterocycles. The van der Waals surface area contributed by atoms with E-state index in [1.807, 2.05) is 6.07 Å². The zero-order valence-corrected chi connectivity index (χ0v) is 9.98. The lowest BCUT2D eigenvalue weighted by molar-refractivity contribution is -0.681. The SMILES string of the molecule is CCC[n+]1c(CO)n(CC)c2ccccc21. The van der Waals surface area contributed by atoms with Crippen LogP contribution in [0.5, 0.6) is 0 Å². The summed E-state index contributed by atoms with van der Waals surface area (Å²) in [6, 6.07) is 8.34. The summed E-state index contributed by atoms with van der Waals surface area (Å²) in [6.07, 6.45) is 1.08. The number of hydrogen-bond acceptors (Lipinski definition) is 1. The lowest BCUT2D eigenvalue weighted by atomic mass is 10.3. The average molecular weight is 219 g/mol. The molecule has 0 unspecified atom stereocenters. The minimum atomic E-state index is 0.0997. The molecule has 0 aliphatic carbocycles. The summed E-state index contributed by atoms with van der Waals surface area (Å²) in [7, 11) is 0. The van der Waals surface area contributed by atoms with Gasteiger partial charge in [0.1, 0.15) is 6.61 Å². The van der Waals surface area contributed by atoms with Gasteiger partial charge in [0.05, 0.1) is 13.1 Å². The van der Waals surface area contributed by atoms with Crippen molar-refractivity contribution in [3.05, 3.63) is 30.1 Å². The molecule has 0 spiro atoms. The first kappa shape index (κ1) is 11.1. The topological polar surface area (TPSA) is 29.0 Å². The highest BCUT2D eigenvalue weighted by molar-refractivity contribution is 5.72. The molecule has 0 aliphatic rings. The Labute approximate surface area is 95.9 Å². The fourth-order valence-electron chi connectivity index (χ4n) is 2.34. The third kappa shape index (κ3) is 1.61. The van der Waals surface area contributed by atoms with Crippen molar-refractivity contribution in [1.82, 2.24) is 4.57 Å². The highest BCUT2D eigenvalue weighted by Crippen LogP contribution is 2.14. The van der Waals surface area contributed by atoms with Crippen LogP contribution in [-0.2, 0) is 19.7 Å². The molecular weight excluding hydrogens is 200 g/mol. The number of para-hydroxylation sites is 2. The Morgan fingerprint density at radius 1 is 1.25 bits per heavy atom. The van der Waals surface area contributed by atoms with Gasteiger partial charge in [-0.2, -0.15) is 0 Å². The van der Waals surface area contributed by atoms with Gasteiger partial charge in [-0.25, -0.2) is 9.13 Å². The predicted molar refractivity (Wildman–Crippen MR) is 64.0 cm³/mol. The third-order valence-electron chi connectivity index (χ3n) is 2.99. The molecule has 16 heavy (non-hydrogen) atoms. The van der Waals surface area contributed by atoms with Gasteiger partial charge in [-0.15, -0.1) is 0 Å². The first-order valence-corrected chi connectivity index (χ1v) is 5.94. The van der Waals surface area contributed by atoms with E-state index in [4.69, 9.17) is 0 Å². The van der Waals surface area contributed by atoms with Crippen LogP contribution in [0, 0.1) is 0 Å². The van der Waals surface area contributed by atoms with Crippen molar-refractivity contribution in [3.63, 3.8) is 0 Å². The van der Waals surface area contributed by atoms with Crippen molar-refractivity contribution in [2.75, 3.05) is 0 Å². The van der Waals surface area contributed by atoms with Crippen molar-refractivity contribution in [3.8, 4) is 0 Å². The molecule has 2 aromatic rings. The molecule has 2 rings (SSSR count). The number of imidazole rings is 1. The summed E-state index contributed by atoms with van der Waals surface area (Å²) in [5.74, 6) is 1.01. The maximum absolute atomic E-state index is 9.52. The highest BCUT2D eigenvalue weighted by atomic mass is 16.3. The Morgan fingerprint density at radius 3 is 2.62 bits per heavy atom. The number of aliphatic hydroxyl groups excluding tert-OH is 1. The van der Waals surface area contributed by atoms with Crippen LogP contribution in [0.3, 0.4) is 0 Å². The summed E-state index contributed by atoms with van der Waals surface area (Å²) >= 11 is 0. The second-order valence-corrected chi connectivity index (χ2v) is 3.96. The monoisotopic (exact) mass is 219 g/mol. The molecule has 0 saturated heterocycles. The number of aliphatic hydroxyl groups is 1. The minimum Gasteiger partial charge on any atom is -0.384 e. The van der Waals surface area contributed by atoms with E-state index in [2.05, 4.69) is 41.2 Å². The van der Waals surface area contributed by atoms with Crippen LogP contribution < -0.4 is 4.57 Å². The van der Waals surface area contributed by atoms with Gasteiger partial charge < -0.3 is 5.11 Å². The van der Waals surface area contributed by atoms with E-state index in [0.717, 1.165) is 25.3 Å². The van der Waals surface area contributed by atoms with E-state index in [-0.39, 0.29) is 6.61 Å². The second kappa shape index (κ2) is 4.66. The predicted octanol–water partition coefficient (Wildman–Crippen LogP) is 1.85. The van der Waals surface area contributed by atoms with Gasteiger partial charge in [-0.05, 0) is 25.5 Å². The first-order valence-electron chi connectivity index (χ1n) is 5.94. The largest absolute Gasteiger partial charge is 0.384 e. The van der Waals surface area contributed by atoms with Gasteiger partial charge in [0.25, 0.3) is 5.82 Å². The summed E-state index contributed by atoms with van der Waals surface area (Å²) in [5.41, 5.74) is 2.43. The lowest BCUT2D eigenvalue weighted by Gasteiger charge is -1.99. The molecular formula is C13H19N2O+. The Hall–Kier alpha value is -1.35. The lowest BCUT2D eigenvalue weighted by Crippen LogP contribution is -2.37. The molecule has 0 saturated carbocycles. The number of hydrogen-bond donors (Lipinski definition) is 1. The van der Waals surface area contributed by atoms with Gasteiger partial charge in [0.2, 0.25) is 0 Å². The van der Waals surface area contributed by atoms with Crippen molar-refractivity contribution in [2.24, 2.45) is 0 Å². The van der Waals surface area contributed by atoms with Crippen LogP contribution >= 0.6 is 0 Å². The Kier molecular flexibility index (Phi) is 3.25. The third-order valence-corrected chi connectivity index (χ3v) is 2.99. The number of benzene rings is 1. The quantitative estimate of drug-likeness (QED) is 0.781. The van der Waals surface area contributed by atoms with Gasteiger partial charge in [0.15, 0.2) is 11.0 Å². The van der Waals surface area contributed by atoms with Crippen molar-refractivity contribution in [2.45, 2.75) is 40.0 Å². The van der Waals surface area contributed by atoms with Crippen LogP contribution in [0.2, 0.25) is 0 Å². The molecule has 0 amide bonds. The second-order valence-electron chi connectivity index (χ2n) is 3.96. The fourth-order valence-corrected chi connectivity index (χ4v) is 2.34. The summed E-state index contributed by atoms with van der Waals surface area (Å²) in [4.78, 5) is 0. The summed E-state index contributed by atoms with van der Waals surface area (Å²) in [5, 5.41) is 9.52. The van der Waals surface area contributed by atoms with Crippen LogP contribution in [0.4, 0.5) is 0 Å². The summed E-state index contributed by atoms with van der Waals surface area (Å²) < 4.78 is 4.41. The Balaban J connectivity index is 2.73. The molecule has 0 radical (unpaired) electrons. The molecule has 0 atom stereocenters. The molecule has 0 fully saturated rings. The number of rotatable bonds is 4. The molecule has 3 heteroatoms. The van der Waals surface area contributed by atoms with E-state index in [0.29, 0.717) is 0 Å². The zero-order valence-electron chi connectivity index (χ0n) is 9.98. The Morgan fingerprint density at radius 2 is 2.00 bits per heavy atom. The zero-order chi connectivity index (χ0) is 11.5. The molecule has 3 nitrogen and oxygen atoms in total. The van der Waals surface area contributed by atoms with Gasteiger partial charge in [-0.3, -0.25) is 0 Å². The van der Waals surface area contributed by atoms with E-state index in [9.17, 15) is 5.11 Å². The maximum atomic E-state index is 9.52. The molecule has 0 bridgehead atoms. The van der Waals surface area contributed by atoms with E-state index < -0.39 is 0 Å². The average Bonchev–Trinajstić information content (AvgIpc) is 2.63. The van der Waals surface area contributed by atoms with E-state index in [1.54, 1.807) is 0 Å². The van der Waals surface area contributed by atoms with Gasteiger partial charge >= 0.3 is 0 Å². The van der Waals surface area contributed by atoms with E-state index in [1.165, 1.54) is 11.0 Å². The smallest absolute Gasteiger partial charge is 0.283 e. The van der Waals surface area contributed by atoms with Crippen LogP contribution in [-0.4, -0.2) is 9.67 Å². The summed E-state index contributed by atoms with van der Waals surface area (Å²) in [6.45, 7) is 6.23. The molecule has 1 aromatic carbocycles. The van der Waals surface area contributed by atoms with Gasteiger partial charge in [-0.1, -0.05) is 19.1 Å². The number of aryl methyl sites for hydroxylation is 2. The molecule has 86 valence electrons. The minimum absolute atomic E-state index is 0.0997. The number of aromatic nitrogens is 2.